The van der Waals surface area contributed by atoms with Crippen molar-refractivity contribution in [2.75, 3.05) is 26.2 Å². The van der Waals surface area contributed by atoms with Crippen LogP contribution >= 0.6 is 0 Å². The molecule has 9 rings (SSSR count). The highest BCUT2D eigenvalue weighted by Crippen LogP contribution is 2.36. The van der Waals surface area contributed by atoms with Gasteiger partial charge in [-0.05, 0) is 74.9 Å². The molecule has 4 aromatic carbocycles. The Morgan fingerprint density at radius 3 is 1.55 bits per heavy atom. The zero-order chi connectivity index (χ0) is 40.2. The second kappa shape index (κ2) is 14.3. The highest BCUT2D eigenvalue weighted by Gasteiger charge is 2.36. The van der Waals surface area contributed by atoms with E-state index in [1.165, 1.54) is 6.07 Å². The maximum atomic E-state index is 15.2. The first-order valence-corrected chi connectivity index (χ1v) is 19.1. The van der Waals surface area contributed by atoms with Gasteiger partial charge in [0.05, 0.1) is 46.3 Å². The number of aryl methyl sites for hydroxylation is 1. The summed E-state index contributed by atoms with van der Waals surface area (Å²) in [6, 6.07) is 24.8. The van der Waals surface area contributed by atoms with Crippen molar-refractivity contribution in [3.8, 4) is 36.1 Å². The monoisotopic (exact) mass is 764 g/mol. The Labute approximate surface area is 335 Å². The van der Waals surface area contributed by atoms with Crippen LogP contribution < -0.4 is 0 Å². The number of benzene rings is 4. The number of terminal acetylenes is 2. The molecule has 3 aliphatic rings. The molecule has 0 spiro atoms. The van der Waals surface area contributed by atoms with Gasteiger partial charge in [0, 0.05) is 59.6 Å². The zero-order valence-corrected chi connectivity index (χ0v) is 32.1. The molecule has 0 unspecified atom stereocenters. The second-order valence-electron chi connectivity index (χ2n) is 14.6. The van der Waals surface area contributed by atoms with Crippen molar-refractivity contribution in [3.05, 3.63) is 165 Å². The predicted octanol–water partition coefficient (Wildman–Crippen LogP) is 6.89. The molecule has 0 radical (unpaired) electrons. The van der Waals surface area contributed by atoms with Crippen molar-refractivity contribution >= 4 is 23.2 Å². The third-order valence-corrected chi connectivity index (χ3v) is 11.2. The van der Waals surface area contributed by atoms with E-state index in [2.05, 4.69) is 34.8 Å². The lowest BCUT2D eigenvalue weighted by molar-refractivity contribution is 0.0528. The third kappa shape index (κ3) is 5.91. The van der Waals surface area contributed by atoms with Crippen LogP contribution in [-0.4, -0.2) is 78.3 Å². The summed E-state index contributed by atoms with van der Waals surface area (Å²) in [6.45, 7) is 7.05. The van der Waals surface area contributed by atoms with Crippen LogP contribution in [0.4, 0.5) is 4.39 Å². The van der Waals surface area contributed by atoms with E-state index in [-0.39, 0.29) is 30.6 Å². The number of halogens is 1. The van der Waals surface area contributed by atoms with Gasteiger partial charge in [-0.15, -0.1) is 12.8 Å². The van der Waals surface area contributed by atoms with E-state index in [9.17, 15) is 9.59 Å². The van der Waals surface area contributed by atoms with E-state index < -0.39 is 17.9 Å². The summed E-state index contributed by atoms with van der Waals surface area (Å²) in [6.07, 6.45) is 14.9. The number of hydrogen-bond acceptors (Lipinski definition) is 6. The Morgan fingerprint density at radius 2 is 1.09 bits per heavy atom. The Kier molecular flexibility index (Phi) is 8.94. The molecule has 2 atom stereocenters. The van der Waals surface area contributed by atoms with E-state index in [4.69, 9.17) is 22.8 Å². The second-order valence-corrected chi connectivity index (χ2v) is 14.6. The lowest BCUT2D eigenvalue weighted by Crippen LogP contribution is -2.51. The minimum Gasteiger partial charge on any atom is -0.334 e. The Hall–Kier alpha value is -7.37. The van der Waals surface area contributed by atoms with Gasteiger partial charge in [-0.2, -0.15) is 0 Å². The fourth-order valence-electron chi connectivity index (χ4n) is 8.26. The Bertz CT molecular complexity index is 2650. The summed E-state index contributed by atoms with van der Waals surface area (Å²) in [5, 5.41) is 0. The molecule has 2 amide bonds. The lowest BCUT2D eigenvalue weighted by atomic mass is 9.95. The zero-order valence-electron chi connectivity index (χ0n) is 32.1. The molecule has 0 saturated carbocycles. The maximum absolute atomic E-state index is 15.2. The third-order valence-electron chi connectivity index (χ3n) is 11.2. The predicted molar refractivity (Wildman–Crippen MR) is 220 cm³/mol. The summed E-state index contributed by atoms with van der Waals surface area (Å²) in [4.78, 5) is 51.5. The number of amides is 2. The average molecular weight is 765 g/mol. The van der Waals surface area contributed by atoms with Crippen molar-refractivity contribution < 1.29 is 14.0 Å². The molecule has 1 fully saturated rings. The van der Waals surface area contributed by atoms with Crippen LogP contribution in [0.3, 0.4) is 0 Å². The number of fused-ring (bicyclic) bond motifs is 6. The highest BCUT2D eigenvalue weighted by molar-refractivity contribution is 6.17. The fourth-order valence-corrected chi connectivity index (χ4v) is 8.26. The molecular formula is C47H37FN8O2. The number of carbonyl (C=O) groups excluding carboxylic acids is 2. The standard InChI is InChI=1S/C47H37FN8O2/c1-6-31-16-18-38-35(24-31)40(33-13-9-8-12-28(33)3)51-29(4)44-42(49-26-55(38)44)46(57)53-20-22-54(23-21-53)47(58)43-45-30(5)52-41(34-14-10-11-15-37(34)48)36-25-32(7-2)17-19-39(36)56(45)27-50-43/h1-2,8-19,24-27,29-30H,20-23H2,3-5H3/t29-,30-/m0/s1. The summed E-state index contributed by atoms with van der Waals surface area (Å²) < 4.78 is 19.0. The van der Waals surface area contributed by atoms with Crippen molar-refractivity contribution in [3.63, 3.8) is 0 Å². The molecule has 0 N–H and O–H groups in total. The average Bonchev–Trinajstić information content (AvgIpc) is 3.85. The van der Waals surface area contributed by atoms with Gasteiger partial charge in [-0.3, -0.25) is 28.7 Å². The van der Waals surface area contributed by atoms with Gasteiger partial charge >= 0.3 is 0 Å². The van der Waals surface area contributed by atoms with Crippen LogP contribution in [0, 0.1) is 37.4 Å². The van der Waals surface area contributed by atoms with Crippen LogP contribution in [0.5, 0.6) is 0 Å². The van der Waals surface area contributed by atoms with Crippen LogP contribution in [0.15, 0.2) is 108 Å². The molecule has 5 heterocycles. The SMILES string of the molecule is C#Cc1ccc2c(c1)C(c1ccccc1C)=N[C@@H](C)c1c(C(=O)N3CCN(C(=O)c4ncn5c4[C@H](C)N=C(c4ccccc4F)c4cc(C#C)ccc4-5)CC3)ncn1-2. The van der Waals surface area contributed by atoms with Crippen molar-refractivity contribution in [2.45, 2.75) is 32.9 Å². The van der Waals surface area contributed by atoms with E-state index in [1.54, 1.807) is 46.7 Å². The summed E-state index contributed by atoms with van der Waals surface area (Å²) >= 11 is 0. The number of rotatable bonds is 4. The summed E-state index contributed by atoms with van der Waals surface area (Å²) in [5.41, 5.74) is 9.83. The lowest BCUT2D eigenvalue weighted by Gasteiger charge is -2.34. The van der Waals surface area contributed by atoms with Gasteiger partial charge in [0.15, 0.2) is 11.4 Å². The van der Waals surface area contributed by atoms with Crippen LogP contribution in [0.1, 0.15) is 97.2 Å². The van der Waals surface area contributed by atoms with Crippen LogP contribution in [-0.2, 0) is 0 Å². The largest absolute Gasteiger partial charge is 0.334 e. The van der Waals surface area contributed by atoms with Crippen molar-refractivity contribution in [1.29, 1.82) is 0 Å². The molecule has 11 heteroatoms. The molecule has 6 aromatic rings. The molecule has 3 aliphatic heterocycles. The topological polar surface area (TPSA) is 101 Å². The minimum atomic E-state index is -0.559. The number of imidazole rings is 2. The van der Waals surface area contributed by atoms with E-state index in [0.717, 1.165) is 33.7 Å². The molecule has 0 bridgehead atoms. The van der Waals surface area contributed by atoms with Gasteiger partial charge in [0.25, 0.3) is 11.8 Å². The quantitative estimate of drug-likeness (QED) is 0.183. The number of piperazine rings is 1. The number of aromatic nitrogens is 4. The normalized spacial score (nSPS) is 16.9. The number of carbonyl (C=O) groups is 2. The van der Waals surface area contributed by atoms with Crippen LogP contribution in [0.25, 0.3) is 11.4 Å². The Morgan fingerprint density at radius 1 is 0.638 bits per heavy atom. The number of hydrogen-bond donors (Lipinski definition) is 0. The van der Waals surface area contributed by atoms with Crippen LogP contribution in [0.2, 0.25) is 0 Å². The molecule has 0 aliphatic carbocycles. The van der Waals surface area contributed by atoms with Crippen molar-refractivity contribution in [1.82, 2.24) is 28.9 Å². The van der Waals surface area contributed by atoms with E-state index >= 15 is 4.39 Å². The number of nitrogens with zero attached hydrogens (tertiary/aromatic N) is 8. The summed E-state index contributed by atoms with van der Waals surface area (Å²) in [7, 11) is 0. The molecule has 10 nitrogen and oxygen atoms in total. The van der Waals surface area contributed by atoms with Gasteiger partial charge in [0.2, 0.25) is 0 Å². The van der Waals surface area contributed by atoms with E-state index in [0.29, 0.717) is 58.3 Å². The van der Waals surface area contributed by atoms with E-state index in [1.807, 2.05) is 71.5 Å². The highest BCUT2D eigenvalue weighted by atomic mass is 19.1. The van der Waals surface area contributed by atoms with Gasteiger partial charge < -0.3 is 9.80 Å². The smallest absolute Gasteiger partial charge is 0.274 e. The van der Waals surface area contributed by atoms with Gasteiger partial charge in [-0.25, -0.2) is 14.4 Å². The van der Waals surface area contributed by atoms with Gasteiger partial charge in [-0.1, -0.05) is 48.2 Å². The van der Waals surface area contributed by atoms with Crippen molar-refractivity contribution in [2.24, 2.45) is 9.98 Å². The van der Waals surface area contributed by atoms with Gasteiger partial charge in [0.1, 0.15) is 18.5 Å². The molecule has 284 valence electrons. The minimum absolute atomic E-state index is 0.230. The number of aliphatic imine (C=N–C) groups is 2. The first kappa shape index (κ1) is 36.3. The first-order valence-electron chi connectivity index (χ1n) is 19.1. The first-order chi connectivity index (χ1) is 28.2. The summed E-state index contributed by atoms with van der Waals surface area (Å²) in [5.74, 6) is 4.49. The molecule has 58 heavy (non-hydrogen) atoms. The fraction of sp³-hybridized carbons (Fsp3) is 0.191. The molecular weight excluding hydrogens is 728 g/mol. The maximum Gasteiger partial charge on any atom is 0.274 e. The molecule has 1 saturated heterocycles. The molecule has 2 aromatic heterocycles. The Balaban J connectivity index is 0.995.